The van der Waals surface area contributed by atoms with E-state index in [1.807, 2.05) is 19.0 Å². The van der Waals surface area contributed by atoms with E-state index in [1.165, 1.54) is 6.07 Å². The van der Waals surface area contributed by atoms with Gasteiger partial charge in [0.2, 0.25) is 0 Å². The molecule has 110 valence electrons. The van der Waals surface area contributed by atoms with Crippen LogP contribution in [0.2, 0.25) is 0 Å². The minimum absolute atomic E-state index is 0.00857. The van der Waals surface area contributed by atoms with Gasteiger partial charge in [-0.1, -0.05) is 6.07 Å². The van der Waals surface area contributed by atoms with Gasteiger partial charge < -0.3 is 16.0 Å². The van der Waals surface area contributed by atoms with Crippen molar-refractivity contribution in [3.8, 4) is 0 Å². The monoisotopic (exact) mass is 279 g/mol. The second-order valence-corrected chi connectivity index (χ2v) is 5.40. The van der Waals surface area contributed by atoms with Crippen molar-refractivity contribution in [1.82, 2.24) is 5.32 Å². The molecule has 0 heterocycles. The third-order valence-electron chi connectivity index (χ3n) is 4.27. The molecule has 5 heteroatoms. The van der Waals surface area contributed by atoms with Crippen LogP contribution in [0, 0.1) is 5.82 Å². The van der Waals surface area contributed by atoms with Gasteiger partial charge in [0.25, 0.3) is 5.91 Å². The lowest BCUT2D eigenvalue weighted by atomic mass is 9.90. The van der Waals surface area contributed by atoms with Gasteiger partial charge in [-0.15, -0.1) is 0 Å². The molecule has 3 N–H and O–H groups in total. The highest BCUT2D eigenvalue weighted by molar-refractivity contribution is 5.99. The van der Waals surface area contributed by atoms with Crippen molar-refractivity contribution < 1.29 is 9.18 Å². The van der Waals surface area contributed by atoms with E-state index in [2.05, 4.69) is 5.32 Å². The highest BCUT2D eigenvalue weighted by atomic mass is 19.1. The van der Waals surface area contributed by atoms with Crippen LogP contribution in [-0.4, -0.2) is 32.1 Å². The van der Waals surface area contributed by atoms with Gasteiger partial charge in [0.1, 0.15) is 5.82 Å². The molecule has 1 aromatic rings. The summed E-state index contributed by atoms with van der Waals surface area (Å²) < 4.78 is 13.8. The van der Waals surface area contributed by atoms with Gasteiger partial charge in [0, 0.05) is 19.1 Å². The number of halogens is 1. The Morgan fingerprint density at radius 1 is 1.35 bits per heavy atom. The second kappa shape index (κ2) is 6.22. The Hall–Kier alpha value is -1.62. The Morgan fingerprint density at radius 3 is 2.55 bits per heavy atom. The predicted molar refractivity (Wildman–Crippen MR) is 78.4 cm³/mol. The van der Waals surface area contributed by atoms with E-state index in [1.54, 1.807) is 12.1 Å². The fourth-order valence-electron chi connectivity index (χ4n) is 3.00. The largest absolute Gasteiger partial charge is 0.371 e. The van der Waals surface area contributed by atoms with Crippen molar-refractivity contribution in [2.45, 2.75) is 37.8 Å². The number of nitrogens with two attached hydrogens (primary N) is 1. The number of amides is 1. The topological polar surface area (TPSA) is 58.4 Å². The van der Waals surface area contributed by atoms with Gasteiger partial charge in [-0.25, -0.2) is 4.39 Å². The Labute approximate surface area is 119 Å². The van der Waals surface area contributed by atoms with Crippen molar-refractivity contribution in [3.05, 3.63) is 29.6 Å². The molecule has 1 amide bonds. The van der Waals surface area contributed by atoms with Crippen molar-refractivity contribution in [3.63, 3.8) is 0 Å². The molecule has 4 nitrogen and oxygen atoms in total. The summed E-state index contributed by atoms with van der Waals surface area (Å²) in [5.74, 6) is -1.26. The number of anilines is 1. The molecule has 0 unspecified atom stereocenters. The first-order valence-corrected chi connectivity index (χ1v) is 7.03. The molecule has 1 aliphatic rings. The SMILES string of the molecule is CNC1CCC(N(C)c2cccc(F)c2C(N)=O)CC1. The Bertz CT molecular complexity index is 484. The summed E-state index contributed by atoms with van der Waals surface area (Å²) >= 11 is 0. The van der Waals surface area contributed by atoms with Gasteiger partial charge >= 0.3 is 0 Å². The number of rotatable bonds is 4. The molecule has 20 heavy (non-hydrogen) atoms. The van der Waals surface area contributed by atoms with Crippen molar-refractivity contribution in [1.29, 1.82) is 0 Å². The molecule has 1 aliphatic carbocycles. The molecule has 0 bridgehead atoms. The highest BCUT2D eigenvalue weighted by Gasteiger charge is 2.26. The first kappa shape index (κ1) is 14.8. The number of nitrogens with one attached hydrogen (secondary N) is 1. The van der Waals surface area contributed by atoms with E-state index in [-0.39, 0.29) is 5.56 Å². The van der Waals surface area contributed by atoms with E-state index in [0.29, 0.717) is 17.8 Å². The van der Waals surface area contributed by atoms with Crippen LogP contribution in [0.4, 0.5) is 10.1 Å². The Kier molecular flexibility index (Phi) is 4.60. The highest BCUT2D eigenvalue weighted by Crippen LogP contribution is 2.29. The summed E-state index contributed by atoms with van der Waals surface area (Å²) in [5.41, 5.74) is 5.89. The molecule has 0 aliphatic heterocycles. The van der Waals surface area contributed by atoms with E-state index in [0.717, 1.165) is 25.7 Å². The maximum Gasteiger partial charge on any atom is 0.253 e. The van der Waals surface area contributed by atoms with Crippen LogP contribution in [0.1, 0.15) is 36.0 Å². The molecule has 0 atom stereocenters. The van der Waals surface area contributed by atoms with E-state index in [4.69, 9.17) is 5.73 Å². The van der Waals surface area contributed by atoms with Crippen LogP contribution in [-0.2, 0) is 0 Å². The summed E-state index contributed by atoms with van der Waals surface area (Å²) in [7, 11) is 3.89. The van der Waals surface area contributed by atoms with Crippen LogP contribution in [0.15, 0.2) is 18.2 Å². The number of hydrogen-bond acceptors (Lipinski definition) is 3. The smallest absolute Gasteiger partial charge is 0.253 e. The maximum atomic E-state index is 13.8. The molecule has 0 spiro atoms. The van der Waals surface area contributed by atoms with Gasteiger partial charge in [0.05, 0.1) is 11.3 Å². The minimum Gasteiger partial charge on any atom is -0.371 e. The number of nitrogens with zero attached hydrogens (tertiary/aromatic N) is 1. The van der Waals surface area contributed by atoms with Gasteiger partial charge in [0.15, 0.2) is 0 Å². The van der Waals surface area contributed by atoms with Crippen LogP contribution in [0.5, 0.6) is 0 Å². The molecule has 1 aromatic carbocycles. The van der Waals surface area contributed by atoms with Crippen LogP contribution in [0.25, 0.3) is 0 Å². The molecule has 0 saturated heterocycles. The summed E-state index contributed by atoms with van der Waals surface area (Å²) in [6.07, 6.45) is 4.23. The standard InChI is InChI=1S/C15H22FN3O/c1-18-10-6-8-11(9-7-10)19(2)13-5-3-4-12(16)14(13)15(17)20/h3-5,10-11,18H,6-9H2,1-2H3,(H2,17,20). The first-order chi connectivity index (χ1) is 9.54. The summed E-state index contributed by atoms with van der Waals surface area (Å²) in [5, 5.41) is 3.29. The summed E-state index contributed by atoms with van der Waals surface area (Å²) in [6, 6.07) is 5.53. The van der Waals surface area contributed by atoms with Crippen LogP contribution in [0.3, 0.4) is 0 Å². The molecule has 2 rings (SSSR count). The zero-order chi connectivity index (χ0) is 14.7. The Balaban J connectivity index is 2.20. The zero-order valence-corrected chi connectivity index (χ0v) is 12.0. The van der Waals surface area contributed by atoms with E-state index < -0.39 is 11.7 Å². The second-order valence-electron chi connectivity index (χ2n) is 5.40. The van der Waals surface area contributed by atoms with Crippen molar-refractivity contribution in [2.75, 3.05) is 19.0 Å². The molecular formula is C15H22FN3O. The molecule has 1 fully saturated rings. The zero-order valence-electron chi connectivity index (χ0n) is 12.0. The van der Waals surface area contributed by atoms with Crippen molar-refractivity contribution in [2.24, 2.45) is 5.73 Å². The number of benzene rings is 1. The quantitative estimate of drug-likeness (QED) is 0.885. The van der Waals surface area contributed by atoms with Gasteiger partial charge in [-0.3, -0.25) is 4.79 Å². The molecule has 0 aromatic heterocycles. The number of primary amides is 1. The summed E-state index contributed by atoms with van der Waals surface area (Å²) in [6.45, 7) is 0. The fraction of sp³-hybridized carbons (Fsp3) is 0.533. The van der Waals surface area contributed by atoms with Gasteiger partial charge in [-0.2, -0.15) is 0 Å². The lowest BCUT2D eigenvalue weighted by Crippen LogP contribution is -2.40. The number of hydrogen-bond donors (Lipinski definition) is 2. The Morgan fingerprint density at radius 2 is 2.00 bits per heavy atom. The molecule has 0 radical (unpaired) electrons. The van der Waals surface area contributed by atoms with E-state index >= 15 is 0 Å². The summed E-state index contributed by atoms with van der Waals surface area (Å²) in [4.78, 5) is 13.5. The number of carbonyl (C=O) groups excluding carboxylic acids is 1. The van der Waals surface area contributed by atoms with Crippen LogP contribution >= 0.6 is 0 Å². The predicted octanol–water partition coefficient (Wildman–Crippen LogP) is 1.89. The third kappa shape index (κ3) is 2.93. The molecular weight excluding hydrogens is 257 g/mol. The van der Waals surface area contributed by atoms with E-state index in [9.17, 15) is 9.18 Å². The fourth-order valence-corrected chi connectivity index (χ4v) is 3.00. The lowest BCUT2D eigenvalue weighted by molar-refractivity contribution is 0.0997. The average Bonchev–Trinajstić information content (AvgIpc) is 2.46. The first-order valence-electron chi connectivity index (χ1n) is 7.03. The average molecular weight is 279 g/mol. The lowest BCUT2D eigenvalue weighted by Gasteiger charge is -2.36. The van der Waals surface area contributed by atoms with Crippen LogP contribution < -0.4 is 16.0 Å². The normalized spacial score (nSPS) is 22.6. The van der Waals surface area contributed by atoms with Gasteiger partial charge in [-0.05, 0) is 44.9 Å². The third-order valence-corrected chi connectivity index (χ3v) is 4.27. The van der Waals surface area contributed by atoms with Crippen molar-refractivity contribution >= 4 is 11.6 Å². The maximum absolute atomic E-state index is 13.8. The molecule has 1 saturated carbocycles. The number of carbonyl (C=O) groups is 1. The minimum atomic E-state index is -0.714.